The third-order valence-electron chi connectivity index (χ3n) is 20.4. The van der Waals surface area contributed by atoms with Crippen LogP contribution in [0.15, 0.2) is 288 Å². The van der Waals surface area contributed by atoms with Crippen LogP contribution in [0.25, 0.3) is 12.2 Å². The van der Waals surface area contributed by atoms with Crippen LogP contribution in [0.2, 0.25) is 15.1 Å². The van der Waals surface area contributed by atoms with E-state index in [-0.39, 0.29) is 60.8 Å². The molecule has 12 aromatic carbocycles. The molecular formula is C90H76Br2Cl3N6O19PS3. The molecule has 0 saturated carbocycles. The summed E-state index contributed by atoms with van der Waals surface area (Å²) in [6.45, 7) is 2.27. The number of sulfonamides is 3. The predicted octanol–water partition coefficient (Wildman–Crippen LogP) is 18.9. The number of aliphatic hydroxyl groups excluding tert-OH is 1. The van der Waals surface area contributed by atoms with Gasteiger partial charge < -0.3 is 9.84 Å². The summed E-state index contributed by atoms with van der Waals surface area (Å²) in [6, 6.07) is 77.5. The molecule has 3 aliphatic heterocycles. The number of ketones is 1. The number of nitro benzene ring substituents is 3. The number of fused-ring (bicyclic) bond motifs is 3. The van der Waals surface area contributed by atoms with E-state index in [1.54, 1.807) is 121 Å². The maximum Gasteiger partial charge on any atom is 0.264 e. The molecule has 0 radical (unpaired) electrons. The quantitative estimate of drug-likeness (QED) is 0.00962. The zero-order chi connectivity index (χ0) is 89.5. The van der Waals surface area contributed by atoms with E-state index in [4.69, 9.17) is 44.6 Å². The Balaban J connectivity index is 0.000000155. The second kappa shape index (κ2) is 40.3. The van der Waals surface area contributed by atoms with Gasteiger partial charge in [-0.25, -0.2) is 30.0 Å². The van der Waals surface area contributed by atoms with Crippen molar-refractivity contribution in [1.82, 2.24) is 0 Å². The number of rotatable bonds is 22. The van der Waals surface area contributed by atoms with Crippen LogP contribution >= 0.6 is 71.5 Å². The zero-order valence-electron chi connectivity index (χ0n) is 66.1. The van der Waals surface area contributed by atoms with Gasteiger partial charge in [-0.2, -0.15) is 0 Å². The van der Waals surface area contributed by atoms with Gasteiger partial charge in [-0.05, 0) is 162 Å². The Labute approximate surface area is 746 Å². The van der Waals surface area contributed by atoms with Gasteiger partial charge in [-0.3, -0.25) is 42.7 Å². The minimum absolute atomic E-state index is 0.120. The molecule has 0 aliphatic carbocycles. The van der Waals surface area contributed by atoms with Crippen molar-refractivity contribution in [3.8, 4) is 0 Å². The fourth-order valence-corrected chi connectivity index (χ4v) is 27.7. The predicted molar refractivity (Wildman–Crippen MR) is 491 cm³/mol. The second-order valence-corrected chi connectivity index (χ2v) is 44.3. The first-order valence-corrected chi connectivity index (χ1v) is 48.6. The van der Waals surface area contributed by atoms with Crippen LogP contribution in [0.5, 0.6) is 0 Å². The summed E-state index contributed by atoms with van der Waals surface area (Å²) in [6.07, 6.45) is 6.23. The minimum atomic E-state index is -3.78. The van der Waals surface area contributed by atoms with Gasteiger partial charge in [-0.1, -0.05) is 105 Å². The SMILES string of the molecule is CC(=O)c1cc([N+](=O)[O-])ccc1C=Cc1cccc(S(=O)(=O)N2CCc3cc(Cl)ccc32)c1.COC(=O)c1cc([N+](=O)[O-])ccc1CBr.COC(=O)c1cc([N+](=O)[O-])ccc1CP(Br)(c1ccccc1)(c1ccccc1)c1ccccc1.O=Cc1cccc(S(=O)(=O)N2CCc3cc(Cl)ccc32)c1.O=S(=O)(c1cccc(CO)c1)N1CCc2cc(Cl)ccc21. The van der Waals surface area contributed by atoms with Crippen LogP contribution in [-0.4, -0.2) is 103 Å². The van der Waals surface area contributed by atoms with Crippen molar-refractivity contribution in [3.05, 3.63) is 385 Å². The molecule has 638 valence electrons. The third-order valence-corrected chi connectivity index (χ3v) is 36.6. The molecule has 0 amide bonds. The number of aldehydes is 1. The second-order valence-electron chi connectivity index (χ2n) is 27.9. The standard InChI is InChI=1S/C27H23BrNO4P.C24H19ClN2O5S.C15H14ClNO3S.C15H12ClNO3S.C9H8BrNO4/c1-33-27(30)26-19-22(29(31)32)18-17-21(26)20-34(28,23-11-5-2-6-12-23,24-13-7-3-8-14-24)25-15-9-4-10-16-25;1-16(28)23-15-21(27(29)30)9-7-18(23)6-5-17-3-2-4-22(13-17)33(31,32)26-12-11-19-14-20(25)8-10-24(19)26;2*16-13-4-5-15-12(9-13)6-7-17(15)21(19,20)14-3-1-2-11(8-14)10-18;1-15-9(12)8-4-7(11(13)14)3-2-6(8)5-10/h2-19H,20H2,1H3;2-10,13-15H,11-12H2,1H3;1-5,8-9,18H,6-7,10H2;1-5,8-10H,6-7H2;2-4H,5H2,1H3. The van der Waals surface area contributed by atoms with Gasteiger partial charge in [0.05, 0.1) is 60.9 Å². The van der Waals surface area contributed by atoms with E-state index in [9.17, 15) is 74.8 Å². The largest absolute Gasteiger partial charge is 0.392 e. The van der Waals surface area contributed by atoms with Gasteiger partial charge in [-0.15, -0.1) is 0 Å². The Morgan fingerprint density at radius 3 is 1.19 bits per heavy atom. The number of carbonyl (C=O) groups is 4. The first-order chi connectivity index (χ1) is 59.2. The van der Waals surface area contributed by atoms with E-state index in [2.05, 4.69) is 72.6 Å². The first-order valence-electron chi connectivity index (χ1n) is 37.6. The number of non-ortho nitro benzene ring substituents is 3. The number of hydrogen-bond donors (Lipinski definition) is 1. The van der Waals surface area contributed by atoms with Gasteiger partial charge >= 0.3 is 212 Å². The number of esters is 2. The van der Waals surface area contributed by atoms with Crippen molar-refractivity contribution in [1.29, 1.82) is 0 Å². The molecule has 15 rings (SSSR count). The number of aliphatic hydroxyl groups is 1. The van der Waals surface area contributed by atoms with E-state index in [1.807, 2.05) is 54.6 Å². The van der Waals surface area contributed by atoms with Crippen molar-refractivity contribution in [3.63, 3.8) is 0 Å². The normalized spacial score (nSPS) is 12.9. The van der Waals surface area contributed by atoms with E-state index < -0.39 is 62.1 Å². The number of nitrogens with zero attached hydrogens (tertiary/aromatic N) is 6. The van der Waals surface area contributed by atoms with Crippen LogP contribution in [0.3, 0.4) is 0 Å². The number of hydrogen-bond acceptors (Lipinski definition) is 19. The number of benzene rings is 12. The van der Waals surface area contributed by atoms with Crippen molar-refractivity contribution in [2.24, 2.45) is 0 Å². The number of Topliss-reactive ketones (excluding diaryl/α,β-unsaturated/α-hetero) is 1. The maximum atomic E-state index is 13.3. The topological polar surface area (TPSA) is 349 Å². The average Bonchev–Trinajstić information content (AvgIpc) is 0.920. The van der Waals surface area contributed by atoms with Crippen molar-refractivity contribution >= 4 is 188 Å². The molecule has 0 unspecified atom stereocenters. The molecule has 0 fully saturated rings. The summed E-state index contributed by atoms with van der Waals surface area (Å²) in [5.41, 5.74) is 8.21. The number of ether oxygens (including phenoxy) is 2. The molecule has 3 heterocycles. The Bertz CT molecular complexity index is 6410. The van der Waals surface area contributed by atoms with Gasteiger partial charge in [0, 0.05) is 75.4 Å². The smallest absolute Gasteiger partial charge is 0.264 e. The van der Waals surface area contributed by atoms with Crippen molar-refractivity contribution in [2.45, 2.75) is 59.0 Å². The van der Waals surface area contributed by atoms with E-state index in [0.29, 0.717) is 122 Å². The fourth-order valence-electron chi connectivity index (χ4n) is 14.2. The van der Waals surface area contributed by atoms with E-state index in [1.165, 1.54) is 107 Å². The van der Waals surface area contributed by atoms with Crippen LogP contribution in [0.4, 0.5) is 34.1 Å². The Morgan fingerprint density at radius 1 is 0.452 bits per heavy atom. The molecule has 0 bridgehead atoms. The summed E-state index contributed by atoms with van der Waals surface area (Å²) in [4.78, 5) is 78.6. The summed E-state index contributed by atoms with van der Waals surface area (Å²) < 4.78 is 91.3. The Kier molecular flexibility index (Phi) is 30.3. The maximum absolute atomic E-state index is 13.3. The first kappa shape index (κ1) is 93.0. The molecule has 0 saturated heterocycles. The number of carbonyl (C=O) groups excluding carboxylic acids is 4. The van der Waals surface area contributed by atoms with Gasteiger partial charge in [0.1, 0.15) is 6.29 Å². The van der Waals surface area contributed by atoms with Crippen LogP contribution in [-0.2, 0) is 76.9 Å². The number of halogens is 5. The van der Waals surface area contributed by atoms with Crippen molar-refractivity contribution in [2.75, 3.05) is 46.8 Å². The summed E-state index contributed by atoms with van der Waals surface area (Å²) in [7, 11) is -8.55. The number of methoxy groups -OCH3 is 2. The molecule has 1 N–H and O–H groups in total. The fraction of sp³-hybridized carbons (Fsp3) is 0.133. The van der Waals surface area contributed by atoms with Crippen LogP contribution in [0, 0.1) is 30.3 Å². The molecule has 0 atom stereocenters. The summed E-state index contributed by atoms with van der Waals surface area (Å²) >= 11 is 25.5. The molecule has 34 heteroatoms. The van der Waals surface area contributed by atoms with Crippen LogP contribution in [0.1, 0.15) is 92.9 Å². The average molecular weight is 1940 g/mol. The molecule has 0 aromatic heterocycles. The van der Waals surface area contributed by atoms with Crippen LogP contribution < -0.4 is 28.8 Å². The van der Waals surface area contributed by atoms with E-state index >= 15 is 0 Å². The molecule has 0 spiro atoms. The zero-order valence-corrected chi connectivity index (χ0v) is 74.9. The summed E-state index contributed by atoms with van der Waals surface area (Å²) in [5.74, 6) is -1.49. The van der Waals surface area contributed by atoms with Gasteiger partial charge in [0.2, 0.25) is 0 Å². The minimum Gasteiger partial charge on any atom is -0.392 e. The molecule has 25 nitrogen and oxygen atoms in total. The van der Waals surface area contributed by atoms with E-state index in [0.717, 1.165) is 32.6 Å². The van der Waals surface area contributed by atoms with Crippen molar-refractivity contribution < 1.29 is 73.8 Å². The van der Waals surface area contributed by atoms with Gasteiger partial charge in [0.15, 0.2) is 5.78 Å². The monoisotopic (exact) mass is 1930 g/mol. The Morgan fingerprint density at radius 2 is 0.815 bits per heavy atom. The number of alkyl halides is 1. The number of anilines is 3. The third kappa shape index (κ3) is 20.7. The Hall–Kier alpha value is -11.7. The number of nitro groups is 3. The molecule has 12 aromatic rings. The summed E-state index contributed by atoms with van der Waals surface area (Å²) in [5, 5.41) is 44.2. The molecular weight excluding hydrogens is 1860 g/mol. The van der Waals surface area contributed by atoms with Gasteiger partial charge in [0.25, 0.3) is 41.4 Å². The molecule has 3 aliphatic rings. The molecule has 124 heavy (non-hydrogen) atoms.